The van der Waals surface area contributed by atoms with Gasteiger partial charge in [-0.15, -0.1) is 0 Å². The summed E-state index contributed by atoms with van der Waals surface area (Å²) >= 11 is 9.41. The lowest BCUT2D eigenvalue weighted by Crippen LogP contribution is -2.40. The van der Waals surface area contributed by atoms with Crippen LogP contribution in [0.5, 0.6) is 0 Å². The minimum Gasteiger partial charge on any atom is -0.444 e. The summed E-state index contributed by atoms with van der Waals surface area (Å²) in [4.78, 5) is 14.3. The maximum absolute atomic E-state index is 15.0. The van der Waals surface area contributed by atoms with Crippen molar-refractivity contribution >= 4 is 39.3 Å². The van der Waals surface area contributed by atoms with Gasteiger partial charge in [-0.2, -0.15) is 0 Å². The van der Waals surface area contributed by atoms with Gasteiger partial charge in [0.15, 0.2) is 0 Å². The summed E-state index contributed by atoms with van der Waals surface area (Å²) in [6.45, 7) is 0.0153. The van der Waals surface area contributed by atoms with E-state index in [0.717, 1.165) is 11.6 Å². The highest BCUT2D eigenvalue weighted by Crippen LogP contribution is 2.44. The number of carbonyl (C=O) groups excluding carboxylic acids is 1. The lowest BCUT2D eigenvalue weighted by molar-refractivity contribution is 0.143. The van der Waals surface area contributed by atoms with Crippen LogP contribution in [-0.2, 0) is 17.8 Å². The van der Waals surface area contributed by atoms with Crippen LogP contribution in [0.3, 0.4) is 0 Å². The fourth-order valence-corrected chi connectivity index (χ4v) is 4.44. The average molecular weight is 493 g/mol. The second-order valence-electron chi connectivity index (χ2n) is 6.97. The van der Waals surface area contributed by atoms with Crippen LogP contribution >= 0.6 is 27.5 Å². The third-order valence-electron chi connectivity index (χ3n) is 5.13. The third kappa shape index (κ3) is 3.94. The Hall–Kier alpha value is -2.44. The molecule has 1 aliphatic heterocycles. The summed E-state index contributed by atoms with van der Waals surface area (Å²) in [5.74, 6) is -1.28. The lowest BCUT2D eigenvalue weighted by Gasteiger charge is -2.37. The minimum atomic E-state index is -0.759. The summed E-state index contributed by atoms with van der Waals surface area (Å²) in [5.41, 5.74) is 1.48. The molecule has 0 saturated carbocycles. The Morgan fingerprint density at radius 3 is 2.57 bits per heavy atom. The average Bonchev–Trinajstić information content (AvgIpc) is 2.76. The van der Waals surface area contributed by atoms with E-state index in [1.807, 2.05) is 30.3 Å². The number of fused-ring (bicyclic) bond motifs is 1. The van der Waals surface area contributed by atoms with E-state index in [0.29, 0.717) is 17.0 Å². The summed E-state index contributed by atoms with van der Waals surface area (Å²) in [7, 11) is 0. The molecule has 0 N–H and O–H groups in total. The van der Waals surface area contributed by atoms with Gasteiger partial charge in [0.2, 0.25) is 0 Å². The number of hydrogen-bond acceptors (Lipinski definition) is 2. The topological polar surface area (TPSA) is 29.5 Å². The molecule has 0 aliphatic carbocycles. The molecule has 1 aliphatic rings. The Labute approximate surface area is 186 Å². The molecule has 154 valence electrons. The summed E-state index contributed by atoms with van der Waals surface area (Å²) < 4.78 is 35.2. The number of rotatable bonds is 3. The highest BCUT2D eigenvalue weighted by molar-refractivity contribution is 9.10. The van der Waals surface area contributed by atoms with E-state index in [-0.39, 0.29) is 28.8 Å². The molecular formula is C23H17BrClF2NO2. The molecule has 0 fully saturated rings. The summed E-state index contributed by atoms with van der Waals surface area (Å²) in [5, 5.41) is 0.449. The zero-order valence-corrected chi connectivity index (χ0v) is 18.1. The van der Waals surface area contributed by atoms with E-state index >= 15 is 0 Å². The highest BCUT2D eigenvalue weighted by atomic mass is 79.9. The van der Waals surface area contributed by atoms with Crippen LogP contribution in [0.1, 0.15) is 29.2 Å². The second-order valence-corrected chi connectivity index (χ2v) is 8.23. The van der Waals surface area contributed by atoms with Crippen LogP contribution in [0.2, 0.25) is 5.02 Å². The van der Waals surface area contributed by atoms with E-state index in [2.05, 4.69) is 15.9 Å². The normalized spacial score (nSPS) is 15.6. The molecule has 0 aromatic heterocycles. The van der Waals surface area contributed by atoms with Crippen molar-refractivity contribution in [3.63, 3.8) is 0 Å². The molecule has 3 nitrogen and oxygen atoms in total. The number of halogens is 4. The van der Waals surface area contributed by atoms with Crippen molar-refractivity contribution < 1.29 is 18.3 Å². The Morgan fingerprint density at radius 2 is 1.83 bits per heavy atom. The molecule has 1 unspecified atom stereocenters. The number of anilines is 1. The summed E-state index contributed by atoms with van der Waals surface area (Å²) in [6, 6.07) is 16.7. The molecule has 4 rings (SSSR count). The molecule has 0 bridgehead atoms. The fourth-order valence-electron chi connectivity index (χ4n) is 3.74. The monoisotopic (exact) mass is 491 g/mol. The van der Waals surface area contributed by atoms with E-state index < -0.39 is 23.8 Å². The lowest BCUT2D eigenvalue weighted by atomic mass is 9.91. The molecule has 7 heteroatoms. The van der Waals surface area contributed by atoms with Gasteiger partial charge in [-0.1, -0.05) is 60.1 Å². The van der Waals surface area contributed by atoms with Gasteiger partial charge in [-0.05, 0) is 52.0 Å². The molecule has 1 heterocycles. The molecule has 3 aromatic carbocycles. The predicted octanol–water partition coefficient (Wildman–Crippen LogP) is 7.21. The first-order valence-electron chi connectivity index (χ1n) is 9.38. The standard InChI is InChI=1S/C23H17BrClF2NO2/c24-17-12-19(26)22-16(21(17)27)10-11-20(15-8-4-5-9-18(15)25)28(22)23(29)30-13-14-6-2-1-3-7-14/h1-9,12,20H,10-11,13H2. The van der Waals surface area contributed by atoms with Crippen LogP contribution in [0.25, 0.3) is 0 Å². The van der Waals surface area contributed by atoms with Crippen LogP contribution in [0.4, 0.5) is 19.3 Å². The number of amides is 1. The van der Waals surface area contributed by atoms with Gasteiger partial charge >= 0.3 is 6.09 Å². The number of nitrogens with zero attached hydrogens (tertiary/aromatic N) is 1. The van der Waals surface area contributed by atoms with E-state index in [1.165, 1.54) is 4.90 Å². The van der Waals surface area contributed by atoms with Crippen molar-refractivity contribution in [2.75, 3.05) is 4.90 Å². The van der Waals surface area contributed by atoms with Crippen molar-refractivity contribution in [3.05, 3.63) is 98.5 Å². The van der Waals surface area contributed by atoms with Gasteiger partial charge in [0, 0.05) is 10.6 Å². The van der Waals surface area contributed by atoms with Crippen molar-refractivity contribution in [3.8, 4) is 0 Å². The van der Waals surface area contributed by atoms with Gasteiger partial charge in [-0.25, -0.2) is 13.6 Å². The molecule has 1 atom stereocenters. The molecule has 1 amide bonds. The second kappa shape index (κ2) is 8.74. The quantitative estimate of drug-likeness (QED) is 0.362. The van der Waals surface area contributed by atoms with E-state index in [4.69, 9.17) is 16.3 Å². The van der Waals surface area contributed by atoms with Crippen LogP contribution in [-0.4, -0.2) is 6.09 Å². The third-order valence-corrected chi connectivity index (χ3v) is 6.05. The number of benzene rings is 3. The minimum absolute atomic E-state index is 0.0153. The maximum Gasteiger partial charge on any atom is 0.415 e. The Bertz CT molecular complexity index is 1090. The number of ether oxygens (including phenoxy) is 1. The van der Waals surface area contributed by atoms with Crippen molar-refractivity contribution in [1.82, 2.24) is 0 Å². The van der Waals surface area contributed by atoms with Crippen molar-refractivity contribution in [2.45, 2.75) is 25.5 Å². The van der Waals surface area contributed by atoms with Gasteiger partial charge in [0.05, 0.1) is 16.2 Å². The Kier molecular flexibility index (Phi) is 6.06. The molecule has 30 heavy (non-hydrogen) atoms. The van der Waals surface area contributed by atoms with E-state index in [9.17, 15) is 13.6 Å². The number of hydrogen-bond donors (Lipinski definition) is 0. The predicted molar refractivity (Wildman–Crippen MR) is 116 cm³/mol. The first-order chi connectivity index (χ1) is 14.5. The van der Waals surface area contributed by atoms with Crippen molar-refractivity contribution in [2.24, 2.45) is 0 Å². The number of carbonyl (C=O) groups is 1. The zero-order chi connectivity index (χ0) is 21.3. The first kappa shape index (κ1) is 20.8. The van der Waals surface area contributed by atoms with Crippen LogP contribution < -0.4 is 4.90 Å². The maximum atomic E-state index is 15.0. The fraction of sp³-hybridized carbons (Fsp3) is 0.174. The van der Waals surface area contributed by atoms with Gasteiger partial charge in [0.1, 0.15) is 18.2 Å². The Balaban J connectivity index is 1.76. The molecule has 0 spiro atoms. The zero-order valence-electron chi connectivity index (χ0n) is 15.7. The van der Waals surface area contributed by atoms with Gasteiger partial charge in [-0.3, -0.25) is 4.90 Å². The summed E-state index contributed by atoms with van der Waals surface area (Å²) in [6.07, 6.45) is -0.120. The Morgan fingerprint density at radius 1 is 1.13 bits per heavy atom. The molecule has 0 radical (unpaired) electrons. The van der Waals surface area contributed by atoms with Crippen LogP contribution in [0, 0.1) is 11.6 Å². The largest absolute Gasteiger partial charge is 0.444 e. The smallest absolute Gasteiger partial charge is 0.415 e. The molecular weight excluding hydrogens is 476 g/mol. The van der Waals surface area contributed by atoms with Gasteiger partial charge in [0.25, 0.3) is 0 Å². The molecule has 3 aromatic rings. The SMILES string of the molecule is O=C(OCc1ccccc1)N1c2c(F)cc(Br)c(F)c2CCC1c1ccccc1Cl. The van der Waals surface area contributed by atoms with Crippen LogP contribution in [0.15, 0.2) is 65.1 Å². The molecule has 0 saturated heterocycles. The first-order valence-corrected chi connectivity index (χ1v) is 10.5. The van der Waals surface area contributed by atoms with E-state index in [1.54, 1.807) is 24.3 Å². The van der Waals surface area contributed by atoms with Gasteiger partial charge < -0.3 is 4.74 Å². The highest BCUT2D eigenvalue weighted by Gasteiger charge is 2.38. The van der Waals surface area contributed by atoms with Crippen molar-refractivity contribution in [1.29, 1.82) is 0 Å².